The Bertz CT molecular complexity index is 863. The number of rotatable bonds is 2. The molecule has 1 heterocycles. The van der Waals surface area contributed by atoms with Crippen molar-refractivity contribution in [2.75, 3.05) is 0 Å². The van der Waals surface area contributed by atoms with Crippen molar-refractivity contribution >= 4 is 40.0 Å². The summed E-state index contributed by atoms with van der Waals surface area (Å²) in [7, 11) is 0. The van der Waals surface area contributed by atoms with Gasteiger partial charge in [-0.15, -0.1) is 0 Å². The van der Waals surface area contributed by atoms with Crippen molar-refractivity contribution in [3.05, 3.63) is 68.9 Å². The van der Waals surface area contributed by atoms with E-state index in [2.05, 4.69) is 0 Å². The maximum Gasteiger partial charge on any atom is 0.228 e. The highest BCUT2D eigenvalue weighted by Crippen LogP contribution is 2.31. The molecule has 2 aromatic carbocycles. The van der Waals surface area contributed by atoms with Gasteiger partial charge >= 0.3 is 0 Å². The summed E-state index contributed by atoms with van der Waals surface area (Å²) in [5, 5.41) is 1.63. The maximum atomic E-state index is 12.5. The van der Waals surface area contributed by atoms with E-state index in [1.165, 1.54) is 0 Å². The molecule has 106 valence electrons. The van der Waals surface area contributed by atoms with Gasteiger partial charge in [-0.25, -0.2) is 0 Å². The van der Waals surface area contributed by atoms with Gasteiger partial charge < -0.3 is 4.42 Å². The van der Waals surface area contributed by atoms with E-state index in [1.54, 1.807) is 24.3 Å². The number of fused-ring (bicyclic) bond motifs is 1. The molecular weight excluding hydrogens is 307 g/mol. The topological polar surface area (TPSA) is 30.2 Å². The molecule has 0 unspecified atom stereocenters. The second kappa shape index (κ2) is 5.21. The molecule has 0 saturated heterocycles. The SMILES string of the molecule is Cc1ccc(C(=O)c2cc3cc(Cl)cc(Cl)c3o2)cc1C. The van der Waals surface area contributed by atoms with Gasteiger partial charge in [-0.1, -0.05) is 35.3 Å². The van der Waals surface area contributed by atoms with Crippen LogP contribution in [0.15, 0.2) is 40.8 Å². The minimum absolute atomic E-state index is 0.165. The first-order valence-corrected chi connectivity index (χ1v) is 7.22. The van der Waals surface area contributed by atoms with Gasteiger partial charge in [0.15, 0.2) is 11.3 Å². The number of carbonyl (C=O) groups is 1. The van der Waals surface area contributed by atoms with Gasteiger partial charge in [0.1, 0.15) is 0 Å². The van der Waals surface area contributed by atoms with Crippen molar-refractivity contribution in [2.24, 2.45) is 0 Å². The van der Waals surface area contributed by atoms with Crippen molar-refractivity contribution in [1.82, 2.24) is 0 Å². The first-order valence-electron chi connectivity index (χ1n) is 6.46. The Hall–Kier alpha value is -1.77. The lowest BCUT2D eigenvalue weighted by molar-refractivity contribution is 0.101. The molecule has 0 aliphatic heterocycles. The van der Waals surface area contributed by atoms with Crippen LogP contribution in [0.4, 0.5) is 0 Å². The zero-order valence-electron chi connectivity index (χ0n) is 11.5. The van der Waals surface area contributed by atoms with Gasteiger partial charge in [0, 0.05) is 16.0 Å². The summed E-state index contributed by atoms with van der Waals surface area (Å²) in [4.78, 5) is 12.5. The lowest BCUT2D eigenvalue weighted by Gasteiger charge is -2.02. The number of hydrogen-bond donors (Lipinski definition) is 0. The molecule has 0 N–H and O–H groups in total. The number of carbonyl (C=O) groups excluding carboxylic acids is 1. The predicted molar refractivity (Wildman–Crippen MR) is 85.6 cm³/mol. The van der Waals surface area contributed by atoms with Crippen LogP contribution in [-0.4, -0.2) is 5.78 Å². The Morgan fingerprint density at radius 3 is 2.48 bits per heavy atom. The first kappa shape index (κ1) is 14.2. The van der Waals surface area contributed by atoms with Crippen molar-refractivity contribution in [2.45, 2.75) is 13.8 Å². The molecule has 4 heteroatoms. The summed E-state index contributed by atoms with van der Waals surface area (Å²) in [5.41, 5.74) is 3.29. The Kier molecular flexibility index (Phi) is 3.52. The van der Waals surface area contributed by atoms with Crippen LogP contribution < -0.4 is 0 Å². The summed E-state index contributed by atoms with van der Waals surface area (Å²) < 4.78 is 5.60. The summed E-state index contributed by atoms with van der Waals surface area (Å²) in [6.45, 7) is 3.98. The largest absolute Gasteiger partial charge is 0.451 e. The third kappa shape index (κ3) is 2.57. The van der Waals surface area contributed by atoms with Gasteiger partial charge in [-0.05, 0) is 49.2 Å². The number of benzene rings is 2. The molecule has 0 bridgehead atoms. The molecular formula is C17H12Cl2O2. The number of hydrogen-bond acceptors (Lipinski definition) is 2. The second-order valence-electron chi connectivity index (χ2n) is 5.04. The van der Waals surface area contributed by atoms with Crippen LogP contribution in [0.2, 0.25) is 10.0 Å². The van der Waals surface area contributed by atoms with Crippen LogP contribution in [0.25, 0.3) is 11.0 Å². The lowest BCUT2D eigenvalue weighted by atomic mass is 10.0. The van der Waals surface area contributed by atoms with Gasteiger partial charge in [0.2, 0.25) is 5.78 Å². The van der Waals surface area contributed by atoms with Crippen LogP contribution in [0.5, 0.6) is 0 Å². The van der Waals surface area contributed by atoms with Crippen LogP contribution in [-0.2, 0) is 0 Å². The molecule has 3 aromatic rings. The highest BCUT2D eigenvalue weighted by molar-refractivity contribution is 6.38. The van der Waals surface area contributed by atoms with Crippen LogP contribution in [0, 0.1) is 13.8 Å². The Balaban J connectivity index is 2.09. The van der Waals surface area contributed by atoms with Crippen molar-refractivity contribution in [3.8, 4) is 0 Å². The summed E-state index contributed by atoms with van der Waals surface area (Å²) >= 11 is 12.0. The van der Waals surface area contributed by atoms with Crippen molar-refractivity contribution < 1.29 is 9.21 Å². The van der Waals surface area contributed by atoms with Gasteiger partial charge in [-0.3, -0.25) is 4.79 Å². The molecule has 0 amide bonds. The van der Waals surface area contributed by atoms with E-state index >= 15 is 0 Å². The maximum absolute atomic E-state index is 12.5. The van der Waals surface area contributed by atoms with Crippen LogP contribution >= 0.6 is 23.2 Å². The summed E-state index contributed by atoms with van der Waals surface area (Å²) in [6, 6.07) is 10.6. The molecule has 0 fully saturated rings. The van der Waals surface area contributed by atoms with Gasteiger partial charge in [0.05, 0.1) is 5.02 Å². The Morgan fingerprint density at radius 2 is 1.76 bits per heavy atom. The van der Waals surface area contributed by atoms with E-state index in [1.807, 2.05) is 26.0 Å². The highest BCUT2D eigenvalue weighted by Gasteiger charge is 2.17. The monoisotopic (exact) mass is 318 g/mol. The molecule has 3 rings (SSSR count). The number of aryl methyl sites for hydroxylation is 2. The quantitative estimate of drug-likeness (QED) is 0.577. The minimum atomic E-state index is -0.165. The molecule has 0 atom stereocenters. The molecule has 2 nitrogen and oxygen atoms in total. The molecule has 0 aliphatic carbocycles. The summed E-state index contributed by atoms with van der Waals surface area (Å²) in [6.07, 6.45) is 0. The average Bonchev–Trinajstić information content (AvgIpc) is 2.85. The molecule has 0 saturated carbocycles. The normalized spacial score (nSPS) is 11.0. The molecule has 21 heavy (non-hydrogen) atoms. The van der Waals surface area contributed by atoms with E-state index in [-0.39, 0.29) is 11.5 Å². The van der Waals surface area contributed by atoms with Crippen molar-refractivity contribution in [1.29, 1.82) is 0 Å². The van der Waals surface area contributed by atoms with E-state index in [4.69, 9.17) is 27.6 Å². The third-order valence-corrected chi connectivity index (χ3v) is 4.03. The van der Waals surface area contributed by atoms with Gasteiger partial charge in [-0.2, -0.15) is 0 Å². The minimum Gasteiger partial charge on any atom is -0.451 e. The van der Waals surface area contributed by atoms with E-state index in [0.717, 1.165) is 16.5 Å². The number of ketones is 1. The van der Waals surface area contributed by atoms with Crippen LogP contribution in [0.1, 0.15) is 27.2 Å². The smallest absolute Gasteiger partial charge is 0.228 e. The fourth-order valence-corrected chi connectivity index (χ4v) is 2.76. The number of furan rings is 1. The van der Waals surface area contributed by atoms with Crippen molar-refractivity contribution in [3.63, 3.8) is 0 Å². The number of halogens is 2. The predicted octanol–water partition coefficient (Wildman–Crippen LogP) is 5.59. The van der Waals surface area contributed by atoms with E-state index < -0.39 is 0 Å². The first-order chi connectivity index (χ1) is 9.95. The van der Waals surface area contributed by atoms with E-state index in [0.29, 0.717) is 21.2 Å². The summed E-state index contributed by atoms with van der Waals surface area (Å²) in [5.74, 6) is 0.0962. The average molecular weight is 319 g/mol. The fraction of sp³-hybridized carbons (Fsp3) is 0.118. The molecule has 0 spiro atoms. The molecule has 0 aliphatic rings. The van der Waals surface area contributed by atoms with Gasteiger partial charge in [0.25, 0.3) is 0 Å². The zero-order chi connectivity index (χ0) is 15.1. The standard InChI is InChI=1S/C17H12Cl2O2/c1-9-3-4-11(5-10(9)2)16(20)15-7-12-6-13(18)8-14(19)17(12)21-15/h3-8H,1-2H3. The lowest BCUT2D eigenvalue weighted by Crippen LogP contribution is -2.00. The van der Waals surface area contributed by atoms with E-state index in [9.17, 15) is 4.79 Å². The Morgan fingerprint density at radius 1 is 1.00 bits per heavy atom. The molecule has 0 radical (unpaired) electrons. The zero-order valence-corrected chi connectivity index (χ0v) is 13.0. The highest BCUT2D eigenvalue weighted by atomic mass is 35.5. The van der Waals surface area contributed by atoms with Crippen LogP contribution in [0.3, 0.4) is 0 Å². The third-order valence-electron chi connectivity index (χ3n) is 3.53. The fourth-order valence-electron chi connectivity index (χ4n) is 2.21. The Labute approximate surface area is 132 Å². The molecule has 1 aromatic heterocycles. The second-order valence-corrected chi connectivity index (χ2v) is 5.89.